The van der Waals surface area contributed by atoms with Gasteiger partial charge in [-0.15, -0.1) is 0 Å². The minimum Gasteiger partial charge on any atom is -0.355 e. The summed E-state index contributed by atoms with van der Waals surface area (Å²) in [6.07, 6.45) is 3.89. The molecule has 2 heterocycles. The summed E-state index contributed by atoms with van der Waals surface area (Å²) in [6.45, 7) is 4.21. The highest BCUT2D eigenvalue weighted by atomic mass is 16.5. The van der Waals surface area contributed by atoms with Crippen LogP contribution in [-0.2, 0) is 11.2 Å². The number of nitrogens with one attached hydrogen (secondary N) is 1. The summed E-state index contributed by atoms with van der Waals surface area (Å²) in [7, 11) is 0. The van der Waals surface area contributed by atoms with Crippen LogP contribution in [-0.4, -0.2) is 27.6 Å². The Morgan fingerprint density at radius 2 is 2.11 bits per heavy atom. The molecular formula is C13H16N4O2. The minimum atomic E-state index is -0.0161. The van der Waals surface area contributed by atoms with E-state index in [1.807, 2.05) is 13.8 Å². The summed E-state index contributed by atoms with van der Waals surface area (Å²) in [5.74, 6) is 1.05. The molecular weight excluding hydrogens is 244 g/mol. The Bertz CT molecular complexity index is 537. The van der Waals surface area contributed by atoms with Crippen LogP contribution >= 0.6 is 0 Å². The van der Waals surface area contributed by atoms with Crippen molar-refractivity contribution in [2.45, 2.75) is 20.3 Å². The van der Waals surface area contributed by atoms with Crippen LogP contribution in [0, 0.1) is 5.92 Å². The third-order valence-electron chi connectivity index (χ3n) is 2.57. The van der Waals surface area contributed by atoms with Crippen molar-refractivity contribution in [1.82, 2.24) is 20.4 Å². The van der Waals surface area contributed by atoms with Crippen molar-refractivity contribution in [3.8, 4) is 11.5 Å². The van der Waals surface area contributed by atoms with Gasteiger partial charge in [-0.25, -0.2) is 0 Å². The van der Waals surface area contributed by atoms with Crippen LogP contribution in [0.2, 0.25) is 0 Å². The molecule has 6 nitrogen and oxygen atoms in total. The standard InChI is InChI=1S/C13H16N4O2/c1-9(2)12(18)15-8-5-11-16-13(19-17-11)10-3-6-14-7-4-10/h3-4,6-7,9H,5,8H2,1-2H3,(H,15,18). The first-order valence-corrected chi connectivity index (χ1v) is 6.17. The van der Waals surface area contributed by atoms with Gasteiger partial charge in [0.2, 0.25) is 5.91 Å². The third kappa shape index (κ3) is 3.61. The fourth-order valence-corrected chi connectivity index (χ4v) is 1.47. The summed E-state index contributed by atoms with van der Waals surface area (Å²) >= 11 is 0. The van der Waals surface area contributed by atoms with Gasteiger partial charge < -0.3 is 9.84 Å². The lowest BCUT2D eigenvalue weighted by atomic mass is 10.2. The number of nitrogens with zero attached hydrogens (tertiary/aromatic N) is 3. The predicted molar refractivity (Wildman–Crippen MR) is 69.1 cm³/mol. The molecule has 0 spiro atoms. The minimum absolute atomic E-state index is 0.0161. The quantitative estimate of drug-likeness (QED) is 0.879. The maximum Gasteiger partial charge on any atom is 0.258 e. The lowest BCUT2D eigenvalue weighted by Gasteiger charge is -2.05. The van der Waals surface area contributed by atoms with E-state index in [9.17, 15) is 4.79 Å². The summed E-state index contributed by atoms with van der Waals surface area (Å²) in [4.78, 5) is 19.6. The third-order valence-corrected chi connectivity index (χ3v) is 2.57. The smallest absolute Gasteiger partial charge is 0.258 e. The Balaban J connectivity index is 1.90. The lowest BCUT2D eigenvalue weighted by Crippen LogP contribution is -2.29. The van der Waals surface area contributed by atoms with E-state index >= 15 is 0 Å². The molecule has 0 unspecified atom stereocenters. The first-order valence-electron chi connectivity index (χ1n) is 6.17. The van der Waals surface area contributed by atoms with E-state index in [1.165, 1.54) is 0 Å². The Hall–Kier alpha value is -2.24. The Kier molecular flexibility index (Phi) is 4.22. The fourth-order valence-electron chi connectivity index (χ4n) is 1.47. The molecule has 2 rings (SSSR count). The van der Waals surface area contributed by atoms with Crippen LogP contribution in [0.1, 0.15) is 19.7 Å². The highest BCUT2D eigenvalue weighted by Crippen LogP contribution is 2.15. The normalized spacial score (nSPS) is 10.7. The van der Waals surface area contributed by atoms with Crippen molar-refractivity contribution < 1.29 is 9.32 Å². The van der Waals surface area contributed by atoms with Crippen LogP contribution < -0.4 is 5.32 Å². The molecule has 0 saturated carbocycles. The first kappa shape index (κ1) is 13.2. The maximum atomic E-state index is 11.4. The molecule has 0 fully saturated rings. The van der Waals surface area contributed by atoms with E-state index in [0.29, 0.717) is 24.7 Å². The van der Waals surface area contributed by atoms with Crippen LogP contribution in [0.4, 0.5) is 0 Å². The van der Waals surface area contributed by atoms with Crippen LogP contribution in [0.3, 0.4) is 0 Å². The van der Waals surface area contributed by atoms with Gasteiger partial charge >= 0.3 is 0 Å². The highest BCUT2D eigenvalue weighted by molar-refractivity contribution is 5.77. The van der Waals surface area contributed by atoms with Gasteiger partial charge in [-0.3, -0.25) is 9.78 Å². The molecule has 19 heavy (non-hydrogen) atoms. The molecule has 2 aromatic rings. The fraction of sp³-hybridized carbons (Fsp3) is 0.385. The number of aromatic nitrogens is 3. The average molecular weight is 260 g/mol. The van der Waals surface area contributed by atoms with E-state index in [-0.39, 0.29) is 11.8 Å². The van der Waals surface area contributed by atoms with Gasteiger partial charge in [-0.05, 0) is 12.1 Å². The van der Waals surface area contributed by atoms with Crippen LogP contribution in [0.15, 0.2) is 29.0 Å². The Morgan fingerprint density at radius 1 is 1.37 bits per heavy atom. The van der Waals surface area contributed by atoms with E-state index in [1.54, 1.807) is 24.5 Å². The molecule has 0 saturated heterocycles. The number of hydrogen-bond donors (Lipinski definition) is 1. The number of hydrogen-bond acceptors (Lipinski definition) is 5. The molecule has 6 heteroatoms. The van der Waals surface area contributed by atoms with Crippen molar-refractivity contribution in [3.63, 3.8) is 0 Å². The second-order valence-corrected chi connectivity index (χ2v) is 4.45. The molecule has 0 radical (unpaired) electrons. The van der Waals surface area contributed by atoms with Crippen molar-refractivity contribution in [3.05, 3.63) is 30.4 Å². The van der Waals surface area contributed by atoms with Crippen LogP contribution in [0.5, 0.6) is 0 Å². The molecule has 2 aromatic heterocycles. The first-order chi connectivity index (χ1) is 9.16. The number of carbonyl (C=O) groups is 1. The SMILES string of the molecule is CC(C)C(=O)NCCc1noc(-c2ccncc2)n1. The van der Waals surface area contributed by atoms with Gasteiger partial charge in [0.25, 0.3) is 5.89 Å². The predicted octanol–water partition coefficient (Wildman–Crippen LogP) is 1.45. The molecule has 1 N–H and O–H groups in total. The average Bonchev–Trinajstić information content (AvgIpc) is 2.88. The van der Waals surface area contributed by atoms with E-state index in [0.717, 1.165) is 5.56 Å². The van der Waals surface area contributed by atoms with Gasteiger partial charge in [0, 0.05) is 36.8 Å². The zero-order chi connectivity index (χ0) is 13.7. The number of pyridine rings is 1. The highest BCUT2D eigenvalue weighted by Gasteiger charge is 2.10. The molecule has 0 aliphatic carbocycles. The molecule has 0 aliphatic heterocycles. The Labute approximate surface area is 111 Å². The van der Waals surface area contributed by atoms with Crippen molar-refractivity contribution in [1.29, 1.82) is 0 Å². The molecule has 0 bridgehead atoms. The second kappa shape index (κ2) is 6.08. The zero-order valence-electron chi connectivity index (χ0n) is 11.0. The van der Waals surface area contributed by atoms with E-state index in [2.05, 4.69) is 20.4 Å². The van der Waals surface area contributed by atoms with Gasteiger partial charge in [-0.1, -0.05) is 19.0 Å². The topological polar surface area (TPSA) is 80.9 Å². The van der Waals surface area contributed by atoms with Crippen LogP contribution in [0.25, 0.3) is 11.5 Å². The lowest BCUT2D eigenvalue weighted by molar-refractivity contribution is -0.123. The maximum absolute atomic E-state index is 11.4. The largest absolute Gasteiger partial charge is 0.355 e. The second-order valence-electron chi connectivity index (χ2n) is 4.45. The molecule has 100 valence electrons. The zero-order valence-corrected chi connectivity index (χ0v) is 11.0. The molecule has 0 aliphatic rings. The van der Waals surface area contributed by atoms with Crippen molar-refractivity contribution in [2.75, 3.05) is 6.54 Å². The monoisotopic (exact) mass is 260 g/mol. The van der Waals surface area contributed by atoms with Gasteiger partial charge in [0.05, 0.1) is 0 Å². The number of rotatable bonds is 5. The van der Waals surface area contributed by atoms with Crippen molar-refractivity contribution in [2.24, 2.45) is 5.92 Å². The van der Waals surface area contributed by atoms with E-state index in [4.69, 9.17) is 4.52 Å². The molecule has 0 atom stereocenters. The van der Waals surface area contributed by atoms with E-state index < -0.39 is 0 Å². The van der Waals surface area contributed by atoms with Gasteiger partial charge in [-0.2, -0.15) is 4.98 Å². The molecule has 1 amide bonds. The van der Waals surface area contributed by atoms with Gasteiger partial charge in [0.15, 0.2) is 5.82 Å². The summed E-state index contributed by atoms with van der Waals surface area (Å²) in [5.41, 5.74) is 0.833. The number of carbonyl (C=O) groups excluding carboxylic acids is 1. The Morgan fingerprint density at radius 3 is 2.79 bits per heavy atom. The summed E-state index contributed by atoms with van der Waals surface area (Å²) in [6, 6.07) is 3.61. The number of amides is 1. The van der Waals surface area contributed by atoms with Crippen molar-refractivity contribution >= 4 is 5.91 Å². The summed E-state index contributed by atoms with van der Waals surface area (Å²) < 4.78 is 5.15. The molecule has 0 aromatic carbocycles. The van der Waals surface area contributed by atoms with Gasteiger partial charge in [0.1, 0.15) is 0 Å². The summed E-state index contributed by atoms with van der Waals surface area (Å²) in [5, 5.41) is 6.69.